The summed E-state index contributed by atoms with van der Waals surface area (Å²) < 4.78 is 0. The second-order valence-electron chi connectivity index (χ2n) is 4.24. The van der Waals surface area contributed by atoms with Crippen LogP contribution in [0.25, 0.3) is 0 Å². The van der Waals surface area contributed by atoms with Crippen LogP contribution in [-0.2, 0) is 0 Å². The van der Waals surface area contributed by atoms with Crippen LogP contribution in [0.15, 0.2) is 12.4 Å². The van der Waals surface area contributed by atoms with Crippen LogP contribution >= 0.6 is 0 Å². The molecule has 0 bridgehead atoms. The number of likely N-dealkylation sites (tertiary alicyclic amines) is 1. The second kappa shape index (κ2) is 4.57. The Morgan fingerprint density at radius 1 is 1.56 bits per heavy atom. The fourth-order valence-electron chi connectivity index (χ4n) is 2.09. The van der Waals surface area contributed by atoms with Crippen LogP contribution in [0.3, 0.4) is 0 Å². The van der Waals surface area contributed by atoms with Crippen LogP contribution in [-0.4, -0.2) is 46.1 Å². The molecule has 5 nitrogen and oxygen atoms in total. The topological polar surface area (TPSA) is 66.3 Å². The zero-order valence-corrected chi connectivity index (χ0v) is 9.26. The van der Waals surface area contributed by atoms with Crippen molar-refractivity contribution in [1.29, 1.82) is 0 Å². The molecule has 0 aliphatic carbocycles. The number of piperidine rings is 1. The number of likely N-dealkylation sites (N-methyl/N-ethyl adjacent to an activating group) is 1. The van der Waals surface area contributed by atoms with Gasteiger partial charge in [-0.15, -0.1) is 0 Å². The SMILES string of the molecule is CN1CCC[C@@H](c2cncc(C(=O)O)n2)C1. The fraction of sp³-hybridized carbons (Fsp3) is 0.545. The summed E-state index contributed by atoms with van der Waals surface area (Å²) in [6, 6.07) is 0. The predicted octanol–water partition coefficient (Wildman–Crippen LogP) is 0.984. The van der Waals surface area contributed by atoms with Crippen molar-refractivity contribution >= 4 is 5.97 Å². The van der Waals surface area contributed by atoms with Crippen molar-refractivity contribution in [2.75, 3.05) is 20.1 Å². The maximum atomic E-state index is 10.8. The van der Waals surface area contributed by atoms with Gasteiger partial charge in [-0.05, 0) is 26.4 Å². The minimum absolute atomic E-state index is 0.0331. The van der Waals surface area contributed by atoms with Gasteiger partial charge in [0, 0.05) is 18.7 Å². The van der Waals surface area contributed by atoms with Gasteiger partial charge in [-0.3, -0.25) is 4.98 Å². The van der Waals surface area contributed by atoms with Crippen LogP contribution in [0.4, 0.5) is 0 Å². The van der Waals surface area contributed by atoms with Crippen LogP contribution < -0.4 is 0 Å². The Morgan fingerprint density at radius 3 is 3.06 bits per heavy atom. The number of carbonyl (C=O) groups is 1. The molecule has 1 aromatic rings. The molecule has 1 saturated heterocycles. The molecule has 0 amide bonds. The molecule has 86 valence electrons. The zero-order valence-electron chi connectivity index (χ0n) is 9.26. The lowest BCUT2D eigenvalue weighted by molar-refractivity contribution is 0.0689. The smallest absolute Gasteiger partial charge is 0.356 e. The molecule has 0 unspecified atom stereocenters. The van der Waals surface area contributed by atoms with Crippen LogP contribution in [0.1, 0.15) is 34.9 Å². The Kier molecular flexibility index (Phi) is 3.14. The van der Waals surface area contributed by atoms with E-state index in [1.807, 2.05) is 0 Å². The van der Waals surface area contributed by atoms with Crippen molar-refractivity contribution in [3.05, 3.63) is 23.8 Å². The average molecular weight is 221 g/mol. The number of carboxylic acid groups (broad SMARTS) is 1. The van der Waals surface area contributed by atoms with E-state index in [1.54, 1.807) is 6.20 Å². The highest BCUT2D eigenvalue weighted by Gasteiger charge is 2.21. The van der Waals surface area contributed by atoms with E-state index in [4.69, 9.17) is 5.11 Å². The molecular formula is C11H15N3O2. The molecule has 0 aromatic carbocycles. The van der Waals surface area contributed by atoms with Gasteiger partial charge in [-0.2, -0.15) is 0 Å². The summed E-state index contributed by atoms with van der Waals surface area (Å²) in [5, 5.41) is 8.85. The van der Waals surface area contributed by atoms with Crippen molar-refractivity contribution in [3.8, 4) is 0 Å². The number of hydrogen-bond donors (Lipinski definition) is 1. The third kappa shape index (κ3) is 2.36. The molecular weight excluding hydrogens is 206 g/mol. The Balaban J connectivity index is 2.19. The van der Waals surface area contributed by atoms with Crippen molar-refractivity contribution < 1.29 is 9.90 Å². The Bertz CT molecular complexity index is 395. The first-order valence-electron chi connectivity index (χ1n) is 5.40. The van der Waals surface area contributed by atoms with Gasteiger partial charge in [0.05, 0.1) is 11.9 Å². The summed E-state index contributed by atoms with van der Waals surface area (Å²) in [7, 11) is 2.07. The first-order valence-corrected chi connectivity index (χ1v) is 5.40. The molecule has 0 saturated carbocycles. The van der Waals surface area contributed by atoms with E-state index in [0.717, 1.165) is 31.6 Å². The average Bonchev–Trinajstić information content (AvgIpc) is 2.29. The third-order valence-electron chi connectivity index (χ3n) is 2.92. The maximum Gasteiger partial charge on any atom is 0.356 e. The highest BCUT2D eigenvalue weighted by molar-refractivity contribution is 5.84. The van der Waals surface area contributed by atoms with Crippen LogP contribution in [0.2, 0.25) is 0 Å². The molecule has 1 aliphatic heterocycles. The number of nitrogens with zero attached hydrogens (tertiary/aromatic N) is 3. The van der Waals surface area contributed by atoms with Crippen molar-refractivity contribution in [2.45, 2.75) is 18.8 Å². The first kappa shape index (κ1) is 11.0. The van der Waals surface area contributed by atoms with Gasteiger partial charge in [-0.25, -0.2) is 9.78 Å². The summed E-state index contributed by atoms with van der Waals surface area (Å²) in [4.78, 5) is 21.1. The summed E-state index contributed by atoms with van der Waals surface area (Å²) >= 11 is 0. The zero-order chi connectivity index (χ0) is 11.5. The quantitative estimate of drug-likeness (QED) is 0.806. The lowest BCUT2D eigenvalue weighted by Crippen LogP contribution is -2.31. The van der Waals surface area contributed by atoms with E-state index >= 15 is 0 Å². The van der Waals surface area contributed by atoms with Gasteiger partial charge in [0.15, 0.2) is 5.69 Å². The van der Waals surface area contributed by atoms with Crippen LogP contribution in [0.5, 0.6) is 0 Å². The van der Waals surface area contributed by atoms with Crippen LogP contribution in [0, 0.1) is 0 Å². The van der Waals surface area contributed by atoms with E-state index in [0.29, 0.717) is 5.92 Å². The van der Waals surface area contributed by atoms with E-state index in [9.17, 15) is 4.79 Å². The van der Waals surface area contributed by atoms with Crippen molar-refractivity contribution in [2.24, 2.45) is 0 Å². The molecule has 2 rings (SSSR count). The fourth-order valence-corrected chi connectivity index (χ4v) is 2.09. The highest BCUT2D eigenvalue weighted by atomic mass is 16.4. The number of hydrogen-bond acceptors (Lipinski definition) is 4. The highest BCUT2D eigenvalue weighted by Crippen LogP contribution is 2.24. The van der Waals surface area contributed by atoms with Gasteiger partial charge in [0.1, 0.15) is 0 Å². The number of aromatic nitrogens is 2. The molecule has 1 atom stereocenters. The summed E-state index contributed by atoms with van der Waals surface area (Å²) in [6.07, 6.45) is 5.15. The monoisotopic (exact) mass is 221 g/mol. The molecule has 0 spiro atoms. The molecule has 1 N–H and O–H groups in total. The predicted molar refractivity (Wildman–Crippen MR) is 58.5 cm³/mol. The summed E-state index contributed by atoms with van der Waals surface area (Å²) in [5.41, 5.74) is 0.831. The van der Waals surface area contributed by atoms with Crippen molar-refractivity contribution in [1.82, 2.24) is 14.9 Å². The van der Waals surface area contributed by atoms with E-state index in [1.165, 1.54) is 6.20 Å². The molecule has 1 aliphatic rings. The molecule has 1 aromatic heterocycles. The number of rotatable bonds is 2. The lowest BCUT2D eigenvalue weighted by Gasteiger charge is -2.29. The standard InChI is InChI=1S/C11H15N3O2/c1-14-4-2-3-8(7-14)9-5-12-6-10(13-9)11(15)16/h5-6,8H,2-4,7H2,1H3,(H,15,16)/t8-/m1/s1. The molecule has 1 fully saturated rings. The summed E-state index contributed by atoms with van der Waals surface area (Å²) in [5.74, 6) is -0.705. The summed E-state index contributed by atoms with van der Waals surface area (Å²) in [6.45, 7) is 2.03. The largest absolute Gasteiger partial charge is 0.476 e. The molecule has 2 heterocycles. The second-order valence-corrected chi connectivity index (χ2v) is 4.24. The minimum atomic E-state index is -1.02. The number of carboxylic acids is 1. The van der Waals surface area contributed by atoms with Gasteiger partial charge in [0.2, 0.25) is 0 Å². The van der Waals surface area contributed by atoms with Gasteiger partial charge < -0.3 is 10.0 Å². The van der Waals surface area contributed by atoms with E-state index < -0.39 is 5.97 Å². The van der Waals surface area contributed by atoms with Gasteiger partial charge >= 0.3 is 5.97 Å². The Hall–Kier alpha value is -1.49. The van der Waals surface area contributed by atoms with Gasteiger partial charge in [-0.1, -0.05) is 0 Å². The lowest BCUT2D eigenvalue weighted by atomic mass is 9.95. The Labute approximate surface area is 94.1 Å². The van der Waals surface area contributed by atoms with Crippen molar-refractivity contribution in [3.63, 3.8) is 0 Å². The Morgan fingerprint density at radius 2 is 2.38 bits per heavy atom. The molecule has 16 heavy (non-hydrogen) atoms. The minimum Gasteiger partial charge on any atom is -0.476 e. The van der Waals surface area contributed by atoms with E-state index in [-0.39, 0.29) is 5.69 Å². The molecule has 0 radical (unpaired) electrons. The molecule has 5 heteroatoms. The normalized spacial score (nSPS) is 21.9. The number of aromatic carboxylic acids is 1. The maximum absolute atomic E-state index is 10.8. The first-order chi connectivity index (χ1) is 7.66. The van der Waals surface area contributed by atoms with Gasteiger partial charge in [0.25, 0.3) is 0 Å². The third-order valence-corrected chi connectivity index (χ3v) is 2.92. The van der Waals surface area contributed by atoms with E-state index in [2.05, 4.69) is 21.9 Å².